The van der Waals surface area contributed by atoms with Crippen LogP contribution in [-0.2, 0) is 13.1 Å². The number of aryl methyl sites for hydroxylation is 2. The minimum atomic E-state index is -0.316. The number of fused-ring (bicyclic) bond motifs is 1. The average Bonchev–Trinajstić information content (AvgIpc) is 2.62. The van der Waals surface area contributed by atoms with E-state index in [4.69, 9.17) is 13.9 Å². The maximum atomic E-state index is 12.0. The maximum Gasteiger partial charge on any atom is 0.336 e. The van der Waals surface area contributed by atoms with Crippen LogP contribution in [0.5, 0.6) is 11.5 Å². The van der Waals surface area contributed by atoms with Gasteiger partial charge in [0, 0.05) is 24.5 Å². The zero-order chi connectivity index (χ0) is 19.6. The second-order valence-electron chi connectivity index (χ2n) is 6.91. The summed E-state index contributed by atoms with van der Waals surface area (Å²) in [5, 5.41) is 0.992. The lowest BCUT2D eigenvalue weighted by atomic mass is 10.0. The molecule has 0 spiro atoms. The van der Waals surface area contributed by atoms with E-state index in [0.717, 1.165) is 27.6 Å². The smallest absolute Gasteiger partial charge is 0.336 e. The van der Waals surface area contributed by atoms with Gasteiger partial charge in [-0.3, -0.25) is 4.90 Å². The molecule has 27 heavy (non-hydrogen) atoms. The van der Waals surface area contributed by atoms with E-state index in [9.17, 15) is 4.79 Å². The molecule has 142 valence electrons. The molecule has 0 fully saturated rings. The zero-order valence-corrected chi connectivity index (χ0v) is 16.5. The molecule has 5 heteroatoms. The number of hydrogen-bond donors (Lipinski definition) is 0. The molecule has 0 unspecified atom stereocenters. The summed E-state index contributed by atoms with van der Waals surface area (Å²) in [6, 6.07) is 11.6. The number of methoxy groups -OCH3 is 2. The van der Waals surface area contributed by atoms with Crippen LogP contribution in [0.3, 0.4) is 0 Å². The van der Waals surface area contributed by atoms with E-state index in [1.54, 1.807) is 20.3 Å². The number of hydrogen-bond acceptors (Lipinski definition) is 5. The Kier molecular flexibility index (Phi) is 5.51. The number of benzene rings is 2. The Bertz CT molecular complexity index is 1020. The monoisotopic (exact) mass is 367 g/mol. The van der Waals surface area contributed by atoms with Crippen LogP contribution in [0.15, 0.2) is 45.6 Å². The van der Waals surface area contributed by atoms with Crippen molar-refractivity contribution in [2.24, 2.45) is 0 Å². The molecule has 0 atom stereocenters. The van der Waals surface area contributed by atoms with Crippen LogP contribution < -0.4 is 15.1 Å². The van der Waals surface area contributed by atoms with Crippen LogP contribution >= 0.6 is 0 Å². The molecule has 0 aliphatic heterocycles. The quantitative estimate of drug-likeness (QED) is 0.615. The molecule has 0 N–H and O–H groups in total. The first-order valence-corrected chi connectivity index (χ1v) is 8.84. The molecule has 0 aliphatic rings. The van der Waals surface area contributed by atoms with E-state index in [1.165, 1.54) is 0 Å². The van der Waals surface area contributed by atoms with Gasteiger partial charge >= 0.3 is 5.63 Å². The highest BCUT2D eigenvalue weighted by Gasteiger charge is 2.12. The summed E-state index contributed by atoms with van der Waals surface area (Å²) < 4.78 is 16.1. The van der Waals surface area contributed by atoms with E-state index in [1.807, 2.05) is 38.2 Å². The molecule has 1 aromatic heterocycles. The maximum absolute atomic E-state index is 12.0. The first-order valence-electron chi connectivity index (χ1n) is 8.84. The molecular formula is C22H25NO4. The van der Waals surface area contributed by atoms with Crippen molar-refractivity contribution in [3.8, 4) is 11.5 Å². The van der Waals surface area contributed by atoms with Gasteiger partial charge in [-0.2, -0.15) is 0 Å². The van der Waals surface area contributed by atoms with Crippen molar-refractivity contribution in [3.05, 3.63) is 69.1 Å². The van der Waals surface area contributed by atoms with E-state index in [-0.39, 0.29) is 5.63 Å². The lowest BCUT2D eigenvalue weighted by Gasteiger charge is -2.19. The largest absolute Gasteiger partial charge is 0.493 e. The normalized spacial score (nSPS) is 11.2. The molecule has 1 heterocycles. The summed E-state index contributed by atoms with van der Waals surface area (Å²) in [4.78, 5) is 14.2. The summed E-state index contributed by atoms with van der Waals surface area (Å²) >= 11 is 0. The van der Waals surface area contributed by atoms with Crippen molar-refractivity contribution in [1.29, 1.82) is 0 Å². The van der Waals surface area contributed by atoms with Gasteiger partial charge in [0.2, 0.25) is 0 Å². The molecule has 2 aromatic carbocycles. The van der Waals surface area contributed by atoms with E-state index >= 15 is 0 Å². The summed E-state index contributed by atoms with van der Waals surface area (Å²) in [6.45, 7) is 5.37. The third-order valence-corrected chi connectivity index (χ3v) is 4.60. The van der Waals surface area contributed by atoms with E-state index in [2.05, 4.69) is 17.9 Å². The van der Waals surface area contributed by atoms with Crippen molar-refractivity contribution in [3.63, 3.8) is 0 Å². The van der Waals surface area contributed by atoms with Crippen LogP contribution in [0.4, 0.5) is 0 Å². The molecule has 0 saturated heterocycles. The first-order chi connectivity index (χ1) is 12.9. The Balaban J connectivity index is 1.88. The van der Waals surface area contributed by atoms with Crippen LogP contribution in [0.1, 0.15) is 22.3 Å². The average molecular weight is 367 g/mol. The van der Waals surface area contributed by atoms with Crippen molar-refractivity contribution >= 4 is 11.0 Å². The fourth-order valence-electron chi connectivity index (χ4n) is 3.45. The standard InChI is InChI=1S/C22H25NO4/c1-14-8-15(2)22-18(9-14)17(11-21(24)27-22)13-23(3)12-16-6-7-19(25-4)20(10-16)26-5/h6-11H,12-13H2,1-5H3. The molecule has 3 aromatic rings. The highest BCUT2D eigenvalue weighted by molar-refractivity contribution is 5.83. The predicted molar refractivity (Wildman–Crippen MR) is 107 cm³/mol. The minimum Gasteiger partial charge on any atom is -0.493 e. The van der Waals surface area contributed by atoms with Crippen LogP contribution in [0, 0.1) is 13.8 Å². The van der Waals surface area contributed by atoms with Crippen molar-refractivity contribution in [1.82, 2.24) is 4.90 Å². The highest BCUT2D eigenvalue weighted by atomic mass is 16.5. The zero-order valence-electron chi connectivity index (χ0n) is 16.5. The van der Waals surface area contributed by atoms with Gasteiger partial charge in [0.25, 0.3) is 0 Å². The fourth-order valence-corrected chi connectivity index (χ4v) is 3.45. The molecule has 0 saturated carbocycles. The second-order valence-corrected chi connectivity index (χ2v) is 6.91. The Labute approximate surface area is 159 Å². The molecule has 5 nitrogen and oxygen atoms in total. The van der Waals surface area contributed by atoms with Gasteiger partial charge in [-0.05, 0) is 61.3 Å². The Morgan fingerprint density at radius 2 is 1.70 bits per heavy atom. The number of nitrogens with zero attached hydrogens (tertiary/aromatic N) is 1. The van der Waals surface area contributed by atoms with Crippen molar-refractivity contribution in [2.45, 2.75) is 26.9 Å². The van der Waals surface area contributed by atoms with Crippen molar-refractivity contribution < 1.29 is 13.9 Å². The Morgan fingerprint density at radius 1 is 0.963 bits per heavy atom. The molecule has 0 bridgehead atoms. The van der Waals surface area contributed by atoms with Gasteiger partial charge in [-0.25, -0.2) is 4.79 Å². The third-order valence-electron chi connectivity index (χ3n) is 4.60. The van der Waals surface area contributed by atoms with Crippen LogP contribution in [0.25, 0.3) is 11.0 Å². The summed E-state index contributed by atoms with van der Waals surface area (Å²) in [5.41, 5.74) is 4.56. The van der Waals surface area contributed by atoms with Gasteiger partial charge in [0.1, 0.15) is 5.58 Å². The highest BCUT2D eigenvalue weighted by Crippen LogP contribution is 2.28. The van der Waals surface area contributed by atoms with Gasteiger partial charge < -0.3 is 13.9 Å². The van der Waals surface area contributed by atoms with Gasteiger partial charge in [0.15, 0.2) is 11.5 Å². The Hall–Kier alpha value is -2.79. The topological polar surface area (TPSA) is 51.9 Å². The first kappa shape index (κ1) is 19.0. The molecule has 0 amide bonds. The minimum absolute atomic E-state index is 0.316. The van der Waals surface area contributed by atoms with E-state index < -0.39 is 0 Å². The number of rotatable bonds is 6. The lowest BCUT2D eigenvalue weighted by Crippen LogP contribution is -2.18. The van der Waals surface area contributed by atoms with Crippen molar-refractivity contribution in [2.75, 3.05) is 21.3 Å². The van der Waals surface area contributed by atoms with Gasteiger partial charge in [-0.1, -0.05) is 12.1 Å². The van der Waals surface area contributed by atoms with Crippen LogP contribution in [0.2, 0.25) is 0 Å². The molecular weight excluding hydrogens is 342 g/mol. The molecule has 3 rings (SSSR count). The summed E-state index contributed by atoms with van der Waals surface area (Å²) in [6.07, 6.45) is 0. The summed E-state index contributed by atoms with van der Waals surface area (Å²) in [5.74, 6) is 1.42. The number of ether oxygens (including phenoxy) is 2. The predicted octanol–water partition coefficient (Wildman–Crippen LogP) is 4.06. The summed E-state index contributed by atoms with van der Waals surface area (Å²) in [7, 11) is 5.28. The second kappa shape index (κ2) is 7.84. The Morgan fingerprint density at radius 3 is 2.41 bits per heavy atom. The lowest BCUT2D eigenvalue weighted by molar-refractivity contribution is 0.316. The van der Waals surface area contributed by atoms with E-state index in [0.29, 0.717) is 30.2 Å². The molecule has 0 radical (unpaired) electrons. The van der Waals surface area contributed by atoms with Crippen LogP contribution in [-0.4, -0.2) is 26.2 Å². The molecule has 0 aliphatic carbocycles. The van der Waals surface area contributed by atoms with Gasteiger partial charge in [-0.15, -0.1) is 0 Å². The SMILES string of the molecule is COc1ccc(CN(C)Cc2cc(=O)oc3c(C)cc(C)cc23)cc1OC. The third kappa shape index (κ3) is 4.14. The fraction of sp³-hybridized carbons (Fsp3) is 0.318. The van der Waals surface area contributed by atoms with Gasteiger partial charge in [0.05, 0.1) is 14.2 Å².